The highest BCUT2D eigenvalue weighted by atomic mass is 79.9. The topological polar surface area (TPSA) is 116 Å². The molecule has 1 N–H and O–H groups in total. The number of nitro groups is 1. The first-order valence-corrected chi connectivity index (χ1v) is 12.5. The summed E-state index contributed by atoms with van der Waals surface area (Å²) >= 11 is 12.6. The number of nitrogens with zero attached hydrogens (tertiary/aromatic N) is 1. The average Bonchev–Trinajstić information content (AvgIpc) is 2.73. The molecule has 0 bridgehead atoms. The second-order valence-corrected chi connectivity index (χ2v) is 10.4. The number of benzene rings is 3. The molecule has 0 aliphatic heterocycles. The Morgan fingerprint density at radius 2 is 1.61 bits per heavy atom. The quantitative estimate of drug-likeness (QED) is 0.194. The van der Waals surface area contributed by atoms with Crippen LogP contribution in [0.4, 0.5) is 11.4 Å². The van der Waals surface area contributed by atoms with Crippen molar-refractivity contribution in [2.24, 2.45) is 0 Å². The van der Waals surface area contributed by atoms with Gasteiger partial charge in [-0.15, -0.1) is 0 Å². The molecule has 8 nitrogen and oxygen atoms in total. The highest BCUT2D eigenvalue weighted by Crippen LogP contribution is 2.36. The predicted octanol–water partition coefficient (Wildman–Crippen LogP) is 6.41. The summed E-state index contributed by atoms with van der Waals surface area (Å²) in [6, 6.07) is 11.0. The van der Waals surface area contributed by atoms with E-state index in [1.165, 1.54) is 36.4 Å². The van der Waals surface area contributed by atoms with Gasteiger partial charge < -0.3 is 9.50 Å². The van der Waals surface area contributed by atoms with Crippen LogP contribution in [0.3, 0.4) is 0 Å². The van der Waals surface area contributed by atoms with E-state index >= 15 is 0 Å². The Morgan fingerprint density at radius 1 is 1.03 bits per heavy atom. The number of hydrogen-bond donors (Lipinski definition) is 1. The van der Waals surface area contributed by atoms with Crippen LogP contribution in [0.1, 0.15) is 21.5 Å². The molecule has 0 radical (unpaired) electrons. The molecule has 0 atom stereocenters. The van der Waals surface area contributed by atoms with Crippen molar-refractivity contribution >= 4 is 70.9 Å². The minimum absolute atomic E-state index is 0.0272. The number of anilines is 1. The van der Waals surface area contributed by atoms with Crippen LogP contribution in [-0.4, -0.2) is 19.2 Å². The zero-order valence-electron chi connectivity index (χ0n) is 17.1. The van der Waals surface area contributed by atoms with Crippen molar-refractivity contribution in [1.82, 2.24) is 0 Å². The third kappa shape index (κ3) is 5.55. The Hall–Kier alpha value is -2.47. The summed E-state index contributed by atoms with van der Waals surface area (Å²) in [5.41, 5.74) is 1.42. The van der Waals surface area contributed by atoms with Gasteiger partial charge in [0.05, 0.1) is 15.5 Å². The maximum absolute atomic E-state index is 12.9. The largest absolute Gasteiger partial charge is 0.379 e. The van der Waals surface area contributed by atoms with Crippen LogP contribution in [0, 0.1) is 24.0 Å². The molecule has 0 aromatic heterocycles. The van der Waals surface area contributed by atoms with Crippen molar-refractivity contribution in [3.8, 4) is 5.75 Å². The van der Waals surface area contributed by atoms with E-state index < -0.39 is 20.9 Å². The molecule has 0 unspecified atom stereocenters. The van der Waals surface area contributed by atoms with Gasteiger partial charge in [-0.05, 0) is 87.2 Å². The van der Waals surface area contributed by atoms with Crippen LogP contribution in [0.15, 0.2) is 62.4 Å². The third-order valence-electron chi connectivity index (χ3n) is 4.50. The number of carbonyl (C=O) groups excluding carboxylic acids is 1. The van der Waals surface area contributed by atoms with Crippen LogP contribution in [-0.2, 0) is 10.1 Å². The van der Waals surface area contributed by atoms with E-state index in [0.717, 1.165) is 17.2 Å². The number of nitrogens with one attached hydrogen (secondary N) is 1. The molecule has 0 aliphatic rings. The zero-order valence-corrected chi connectivity index (χ0v) is 21.8. The fourth-order valence-electron chi connectivity index (χ4n) is 2.89. The Balaban J connectivity index is 1.81. The summed E-state index contributed by atoms with van der Waals surface area (Å²) in [4.78, 5) is 22.8. The Bertz CT molecular complexity index is 1350. The SMILES string of the molecule is Cc1cc(C)c(Br)c(S(=O)(=O)Oc2ccc(NC(=O)c3cc([N+](=O)[O-])ccc3Cl)cc2)c1Br. The summed E-state index contributed by atoms with van der Waals surface area (Å²) in [6.07, 6.45) is 0. The maximum Gasteiger partial charge on any atom is 0.341 e. The molecule has 0 saturated carbocycles. The summed E-state index contributed by atoms with van der Waals surface area (Å²) < 4.78 is 31.8. The van der Waals surface area contributed by atoms with Crippen molar-refractivity contribution in [3.63, 3.8) is 0 Å². The van der Waals surface area contributed by atoms with E-state index in [2.05, 4.69) is 37.2 Å². The molecule has 172 valence electrons. The van der Waals surface area contributed by atoms with Gasteiger partial charge in [0.1, 0.15) is 10.6 Å². The first-order chi connectivity index (χ1) is 15.4. The number of carbonyl (C=O) groups is 1. The van der Waals surface area contributed by atoms with Crippen molar-refractivity contribution in [3.05, 3.63) is 89.3 Å². The highest BCUT2D eigenvalue weighted by Gasteiger charge is 2.26. The lowest BCUT2D eigenvalue weighted by molar-refractivity contribution is -0.384. The van der Waals surface area contributed by atoms with Gasteiger partial charge in [-0.3, -0.25) is 14.9 Å². The van der Waals surface area contributed by atoms with E-state index in [1.807, 2.05) is 6.07 Å². The number of hydrogen-bond acceptors (Lipinski definition) is 6. The molecule has 0 heterocycles. The molecule has 0 aliphatic carbocycles. The fraction of sp³-hybridized carbons (Fsp3) is 0.0952. The third-order valence-corrected chi connectivity index (χ3v) is 8.72. The van der Waals surface area contributed by atoms with Gasteiger partial charge in [-0.25, -0.2) is 0 Å². The summed E-state index contributed by atoms with van der Waals surface area (Å²) in [5.74, 6) is -0.632. The van der Waals surface area contributed by atoms with Gasteiger partial charge in [0.2, 0.25) is 0 Å². The van der Waals surface area contributed by atoms with Crippen LogP contribution < -0.4 is 9.50 Å². The van der Waals surface area contributed by atoms with Crippen molar-refractivity contribution in [2.45, 2.75) is 18.7 Å². The summed E-state index contributed by atoms with van der Waals surface area (Å²) in [5, 5.41) is 13.5. The minimum Gasteiger partial charge on any atom is -0.379 e. The van der Waals surface area contributed by atoms with E-state index in [0.29, 0.717) is 14.6 Å². The molecule has 0 fully saturated rings. The van der Waals surface area contributed by atoms with Gasteiger partial charge >= 0.3 is 10.1 Å². The van der Waals surface area contributed by atoms with E-state index in [1.54, 1.807) is 13.8 Å². The zero-order chi connectivity index (χ0) is 24.5. The van der Waals surface area contributed by atoms with Gasteiger partial charge in [-0.1, -0.05) is 17.7 Å². The van der Waals surface area contributed by atoms with Gasteiger partial charge in [-0.2, -0.15) is 8.42 Å². The van der Waals surface area contributed by atoms with Crippen molar-refractivity contribution in [2.75, 3.05) is 5.32 Å². The molecule has 1 amide bonds. The molecular formula is C21H15Br2ClN2O6S. The molecule has 3 rings (SSSR count). The fourth-order valence-corrected chi connectivity index (χ4v) is 6.38. The molecule has 12 heteroatoms. The maximum atomic E-state index is 12.9. The molecule has 3 aromatic carbocycles. The predicted molar refractivity (Wildman–Crippen MR) is 132 cm³/mol. The van der Waals surface area contributed by atoms with E-state index in [-0.39, 0.29) is 26.9 Å². The van der Waals surface area contributed by atoms with Crippen molar-refractivity contribution < 1.29 is 22.3 Å². The normalized spacial score (nSPS) is 11.2. The van der Waals surface area contributed by atoms with Gasteiger partial charge in [0, 0.05) is 26.8 Å². The molecular weight excluding hydrogens is 604 g/mol. The monoisotopic (exact) mass is 616 g/mol. The lowest BCUT2D eigenvalue weighted by atomic mass is 10.2. The van der Waals surface area contributed by atoms with Crippen molar-refractivity contribution in [1.29, 1.82) is 0 Å². The smallest absolute Gasteiger partial charge is 0.341 e. The number of non-ortho nitro benzene ring substituents is 1. The first kappa shape index (κ1) is 25.2. The summed E-state index contributed by atoms with van der Waals surface area (Å²) in [6.45, 7) is 3.54. The summed E-state index contributed by atoms with van der Waals surface area (Å²) in [7, 11) is -4.18. The second kappa shape index (κ2) is 9.80. The number of nitro benzene ring substituents is 1. The first-order valence-electron chi connectivity index (χ1n) is 9.15. The van der Waals surface area contributed by atoms with E-state index in [4.69, 9.17) is 15.8 Å². The van der Waals surface area contributed by atoms with E-state index in [9.17, 15) is 23.3 Å². The van der Waals surface area contributed by atoms with Crippen LogP contribution in [0.2, 0.25) is 5.02 Å². The Kier molecular flexibility index (Phi) is 7.47. The minimum atomic E-state index is -4.18. The Labute approximate surface area is 211 Å². The highest BCUT2D eigenvalue weighted by molar-refractivity contribution is 9.11. The molecule has 3 aromatic rings. The van der Waals surface area contributed by atoms with Crippen LogP contribution >= 0.6 is 43.5 Å². The Morgan fingerprint density at radius 3 is 2.15 bits per heavy atom. The number of amides is 1. The van der Waals surface area contributed by atoms with Crippen LogP contribution in [0.5, 0.6) is 5.75 Å². The van der Waals surface area contributed by atoms with Gasteiger partial charge in [0.25, 0.3) is 11.6 Å². The lowest BCUT2D eigenvalue weighted by Gasteiger charge is -2.14. The number of halogens is 3. The average molecular weight is 619 g/mol. The number of aryl methyl sites for hydroxylation is 2. The second-order valence-electron chi connectivity index (χ2n) is 6.90. The molecule has 33 heavy (non-hydrogen) atoms. The molecule has 0 spiro atoms. The standard InChI is InChI=1S/C21H15Br2ClN2O6S/c1-11-9-12(2)19(23)20(18(11)22)33(30,31)32-15-6-3-13(4-7-15)25-21(27)16-10-14(26(28)29)5-8-17(16)24/h3-10H,1-2H3,(H,25,27). The number of rotatable bonds is 6. The lowest BCUT2D eigenvalue weighted by Crippen LogP contribution is -2.14. The van der Waals surface area contributed by atoms with Crippen LogP contribution in [0.25, 0.3) is 0 Å². The molecule has 0 saturated heterocycles. The van der Waals surface area contributed by atoms with Gasteiger partial charge in [0.15, 0.2) is 0 Å².